The fraction of sp³-hybridized carbons (Fsp3) is 0.333. The fourth-order valence-corrected chi connectivity index (χ4v) is 4.17. The van der Waals surface area contributed by atoms with E-state index in [4.69, 9.17) is 5.73 Å². The van der Waals surface area contributed by atoms with Crippen LogP contribution in [0.25, 0.3) is 5.69 Å². The van der Waals surface area contributed by atoms with Crippen LogP contribution in [0.4, 0.5) is 15.8 Å². The summed E-state index contributed by atoms with van der Waals surface area (Å²) in [6, 6.07) is 12.7. The summed E-state index contributed by atoms with van der Waals surface area (Å²) in [5.41, 5.74) is 8.13. The summed E-state index contributed by atoms with van der Waals surface area (Å²) in [5.74, 6) is -1.49. The lowest BCUT2D eigenvalue weighted by atomic mass is 10.0. The number of fused-ring (bicyclic) bond motifs is 1. The predicted octanol–water partition coefficient (Wildman–Crippen LogP) is 4.49. The number of rotatable bonds is 9. The normalized spacial score (nSPS) is 12.4. The number of hydrogen-bond donors (Lipinski definition) is 1. The van der Waals surface area contributed by atoms with Crippen molar-refractivity contribution in [2.45, 2.75) is 46.5 Å². The molecular weight excluding hydrogens is 461 g/mol. The molecule has 190 valence electrons. The highest BCUT2D eigenvalue weighted by Crippen LogP contribution is 2.30. The highest BCUT2D eigenvalue weighted by molar-refractivity contribution is 6.09. The molecule has 0 bridgehead atoms. The summed E-state index contributed by atoms with van der Waals surface area (Å²) >= 11 is 0. The maximum atomic E-state index is 13.5. The molecule has 2 heterocycles. The van der Waals surface area contributed by atoms with E-state index in [-0.39, 0.29) is 17.3 Å². The molecule has 3 amide bonds. The Morgan fingerprint density at radius 3 is 2.31 bits per heavy atom. The number of halogens is 1. The van der Waals surface area contributed by atoms with Gasteiger partial charge in [-0.1, -0.05) is 33.6 Å². The molecule has 0 aliphatic carbocycles. The number of benzene rings is 2. The van der Waals surface area contributed by atoms with Crippen LogP contribution < -0.4 is 15.5 Å². The molecule has 36 heavy (non-hydrogen) atoms. The van der Waals surface area contributed by atoms with E-state index in [1.54, 1.807) is 21.9 Å². The minimum atomic E-state index is -0.722. The van der Waals surface area contributed by atoms with E-state index in [1.165, 1.54) is 28.9 Å². The Kier molecular flexibility index (Phi) is 8.94. The molecule has 4 rings (SSSR count). The highest BCUT2D eigenvalue weighted by atomic mass is 19.1. The van der Waals surface area contributed by atoms with Crippen LogP contribution in [0.1, 0.15) is 66.6 Å². The third kappa shape index (κ3) is 5.45. The summed E-state index contributed by atoms with van der Waals surface area (Å²) in [6.07, 6.45) is 4.23. The fourth-order valence-electron chi connectivity index (χ4n) is 4.17. The maximum absolute atomic E-state index is 13.5. The summed E-state index contributed by atoms with van der Waals surface area (Å²) in [5, 5.41) is 4.28. The zero-order valence-electron chi connectivity index (χ0n) is 20.9. The first-order valence-electron chi connectivity index (χ1n) is 12.3. The first-order valence-corrected chi connectivity index (χ1v) is 12.3. The molecule has 3 aromatic rings. The lowest BCUT2D eigenvalue weighted by molar-refractivity contribution is -0.107. The largest absolute Gasteiger partial charge is 0.364 e. The van der Waals surface area contributed by atoms with Gasteiger partial charge in [-0.25, -0.2) is 9.07 Å². The molecule has 0 fully saturated rings. The number of hydrogen-bond acceptors (Lipinski definition) is 4. The van der Waals surface area contributed by atoms with Gasteiger partial charge < -0.3 is 15.5 Å². The average Bonchev–Trinajstić information content (AvgIpc) is 3.30. The van der Waals surface area contributed by atoms with Gasteiger partial charge in [0.1, 0.15) is 11.5 Å². The molecule has 1 aliphatic heterocycles. The second-order valence-corrected chi connectivity index (χ2v) is 8.16. The number of carbonyl (C=O) groups is 3. The van der Waals surface area contributed by atoms with Gasteiger partial charge >= 0.3 is 0 Å². The Balaban J connectivity index is 0.00000176. The van der Waals surface area contributed by atoms with Gasteiger partial charge in [0.15, 0.2) is 5.69 Å². The smallest absolute Gasteiger partial charge is 0.277 e. The van der Waals surface area contributed by atoms with Crippen LogP contribution in [0.15, 0.2) is 48.5 Å². The predicted molar refractivity (Wildman–Crippen MR) is 138 cm³/mol. The number of aromatic nitrogens is 2. The molecule has 2 N–H and O–H groups in total. The molecule has 0 saturated heterocycles. The quantitative estimate of drug-likeness (QED) is 0.350. The molecule has 0 spiro atoms. The van der Waals surface area contributed by atoms with E-state index in [2.05, 4.69) is 12.0 Å². The standard InChI is InChI=1S/C25H26FN5O3.C2H6/c1-2-3-4-14-29(16-32)18-9-11-19(12-10-18)30-15-13-21-22(24(27)33)28-31(23(21)25(30)34)20-7-5-17(26)6-8-20;1-2/h5-12,16H,2-4,13-15H2,1H3,(H2,27,33);1-2H3. The van der Waals surface area contributed by atoms with Crippen molar-refractivity contribution in [1.82, 2.24) is 9.78 Å². The number of primary amides is 1. The number of unbranched alkanes of at least 4 members (excludes halogenated alkanes) is 2. The number of amides is 3. The molecule has 0 atom stereocenters. The zero-order valence-corrected chi connectivity index (χ0v) is 20.9. The molecule has 2 aromatic carbocycles. The van der Waals surface area contributed by atoms with Crippen LogP contribution in [-0.2, 0) is 11.2 Å². The Morgan fingerprint density at radius 2 is 1.72 bits per heavy atom. The summed E-state index contributed by atoms with van der Waals surface area (Å²) in [6.45, 7) is 7.08. The van der Waals surface area contributed by atoms with Crippen molar-refractivity contribution in [2.75, 3.05) is 22.9 Å². The number of anilines is 2. The second-order valence-electron chi connectivity index (χ2n) is 8.16. The van der Waals surface area contributed by atoms with E-state index in [1.807, 2.05) is 26.0 Å². The van der Waals surface area contributed by atoms with Gasteiger partial charge in [0.2, 0.25) is 6.41 Å². The Morgan fingerprint density at radius 1 is 1.08 bits per heavy atom. The topological polar surface area (TPSA) is 102 Å². The van der Waals surface area contributed by atoms with Crippen LogP contribution in [-0.4, -0.2) is 41.1 Å². The van der Waals surface area contributed by atoms with Gasteiger partial charge in [-0.05, 0) is 61.4 Å². The Labute approximate surface area is 210 Å². The van der Waals surface area contributed by atoms with Crippen molar-refractivity contribution >= 4 is 29.6 Å². The summed E-state index contributed by atoms with van der Waals surface area (Å²) < 4.78 is 14.8. The number of carbonyl (C=O) groups excluding carboxylic acids is 3. The van der Waals surface area contributed by atoms with Gasteiger partial charge in [0.05, 0.1) is 5.69 Å². The molecular formula is C27H32FN5O3. The van der Waals surface area contributed by atoms with Crippen LogP contribution in [0.3, 0.4) is 0 Å². The van der Waals surface area contributed by atoms with Crippen LogP contribution in [0, 0.1) is 5.82 Å². The van der Waals surface area contributed by atoms with E-state index in [9.17, 15) is 18.8 Å². The van der Waals surface area contributed by atoms with Gasteiger partial charge in [-0.3, -0.25) is 14.4 Å². The van der Waals surface area contributed by atoms with Crippen LogP contribution in [0.2, 0.25) is 0 Å². The zero-order chi connectivity index (χ0) is 26.2. The van der Waals surface area contributed by atoms with Gasteiger partial charge in [-0.2, -0.15) is 5.10 Å². The van der Waals surface area contributed by atoms with E-state index < -0.39 is 11.7 Å². The summed E-state index contributed by atoms with van der Waals surface area (Å²) in [4.78, 5) is 40.3. The van der Waals surface area contributed by atoms with E-state index in [0.717, 1.165) is 31.4 Å². The lowest BCUT2D eigenvalue weighted by Gasteiger charge is -2.28. The molecule has 0 unspecified atom stereocenters. The Hall–Kier alpha value is -4.01. The minimum absolute atomic E-state index is 0.0383. The molecule has 9 heteroatoms. The molecule has 8 nitrogen and oxygen atoms in total. The number of nitrogens with zero attached hydrogens (tertiary/aromatic N) is 4. The van der Waals surface area contributed by atoms with E-state index in [0.29, 0.717) is 36.4 Å². The third-order valence-corrected chi connectivity index (χ3v) is 5.94. The van der Waals surface area contributed by atoms with Gasteiger partial charge in [-0.15, -0.1) is 0 Å². The molecule has 0 saturated carbocycles. The number of nitrogens with two attached hydrogens (primary N) is 1. The highest BCUT2D eigenvalue weighted by Gasteiger charge is 2.34. The van der Waals surface area contributed by atoms with Gasteiger partial charge in [0, 0.05) is 30.0 Å². The van der Waals surface area contributed by atoms with Crippen molar-refractivity contribution in [3.63, 3.8) is 0 Å². The Bertz CT molecular complexity index is 1210. The third-order valence-electron chi connectivity index (χ3n) is 5.94. The SMILES string of the molecule is CC.CCCCCN(C=O)c1ccc(N2CCc3c(C(N)=O)nn(-c4ccc(F)cc4)c3C2=O)cc1. The van der Waals surface area contributed by atoms with Crippen molar-refractivity contribution in [3.05, 3.63) is 71.3 Å². The van der Waals surface area contributed by atoms with Crippen LogP contribution >= 0.6 is 0 Å². The first kappa shape index (κ1) is 26.6. The van der Waals surface area contributed by atoms with Crippen molar-refractivity contribution < 1.29 is 18.8 Å². The average molecular weight is 494 g/mol. The van der Waals surface area contributed by atoms with Crippen molar-refractivity contribution in [3.8, 4) is 5.69 Å². The van der Waals surface area contributed by atoms with Gasteiger partial charge in [0.25, 0.3) is 11.8 Å². The van der Waals surface area contributed by atoms with E-state index >= 15 is 0 Å². The monoisotopic (exact) mass is 493 g/mol. The molecule has 1 aliphatic rings. The molecule has 1 aromatic heterocycles. The van der Waals surface area contributed by atoms with Crippen molar-refractivity contribution in [2.24, 2.45) is 5.73 Å². The molecule has 0 radical (unpaired) electrons. The minimum Gasteiger partial charge on any atom is -0.364 e. The maximum Gasteiger partial charge on any atom is 0.277 e. The van der Waals surface area contributed by atoms with Crippen molar-refractivity contribution in [1.29, 1.82) is 0 Å². The van der Waals surface area contributed by atoms with Crippen LogP contribution in [0.5, 0.6) is 0 Å². The second kappa shape index (κ2) is 12.1. The summed E-state index contributed by atoms with van der Waals surface area (Å²) in [7, 11) is 0. The first-order chi connectivity index (χ1) is 17.4. The lowest BCUT2D eigenvalue weighted by Crippen LogP contribution is -2.39.